The number of hydrogen-bond acceptors (Lipinski definition) is 3. The third-order valence-corrected chi connectivity index (χ3v) is 3.78. The first-order valence-corrected chi connectivity index (χ1v) is 6.89. The lowest BCUT2D eigenvalue weighted by Gasteiger charge is -2.32. The van der Waals surface area contributed by atoms with E-state index in [1.165, 1.54) is 12.8 Å². The SMILES string of the molecule is CN1CCCCC1CCOc1c(F)cc(C=O)cc1F. The Labute approximate surface area is 117 Å². The van der Waals surface area contributed by atoms with Crippen LogP contribution in [0.1, 0.15) is 36.0 Å². The van der Waals surface area contributed by atoms with Gasteiger partial charge in [-0.05, 0) is 45.0 Å². The third kappa shape index (κ3) is 3.54. The maximum atomic E-state index is 13.6. The quantitative estimate of drug-likeness (QED) is 0.778. The zero-order valence-electron chi connectivity index (χ0n) is 11.6. The molecular weight excluding hydrogens is 264 g/mol. The Bertz CT molecular complexity index is 456. The zero-order chi connectivity index (χ0) is 14.5. The van der Waals surface area contributed by atoms with Crippen molar-refractivity contribution in [2.45, 2.75) is 31.7 Å². The van der Waals surface area contributed by atoms with Gasteiger partial charge in [-0.15, -0.1) is 0 Å². The highest BCUT2D eigenvalue weighted by molar-refractivity contribution is 5.75. The minimum Gasteiger partial charge on any atom is -0.488 e. The Balaban J connectivity index is 1.92. The minimum atomic E-state index is -0.830. The first kappa shape index (κ1) is 14.9. The summed E-state index contributed by atoms with van der Waals surface area (Å²) in [7, 11) is 2.06. The van der Waals surface area contributed by atoms with Gasteiger partial charge >= 0.3 is 0 Å². The summed E-state index contributed by atoms with van der Waals surface area (Å²) in [6, 6.07) is 2.38. The fourth-order valence-corrected chi connectivity index (χ4v) is 2.59. The van der Waals surface area contributed by atoms with Crippen LogP contribution in [-0.2, 0) is 0 Å². The first-order valence-electron chi connectivity index (χ1n) is 6.89. The Hall–Kier alpha value is -1.49. The van der Waals surface area contributed by atoms with Crippen molar-refractivity contribution in [3.05, 3.63) is 29.3 Å². The van der Waals surface area contributed by atoms with Crippen LogP contribution in [0.5, 0.6) is 5.75 Å². The second-order valence-corrected chi connectivity index (χ2v) is 5.20. The first-order chi connectivity index (χ1) is 9.61. The van der Waals surface area contributed by atoms with Crippen molar-refractivity contribution in [2.24, 2.45) is 0 Å². The summed E-state index contributed by atoms with van der Waals surface area (Å²) >= 11 is 0. The standard InChI is InChI=1S/C15H19F2NO2/c1-18-6-3-2-4-12(18)5-7-20-15-13(16)8-11(10-19)9-14(15)17/h8-10,12H,2-7H2,1H3. The molecule has 3 nitrogen and oxygen atoms in total. The number of rotatable bonds is 5. The molecule has 5 heteroatoms. The monoisotopic (exact) mass is 283 g/mol. The Kier molecular flexibility index (Phi) is 5.06. The van der Waals surface area contributed by atoms with E-state index in [-0.39, 0.29) is 12.2 Å². The number of nitrogens with zero attached hydrogens (tertiary/aromatic N) is 1. The van der Waals surface area contributed by atoms with Gasteiger partial charge in [0.05, 0.1) is 6.61 Å². The molecular formula is C15H19F2NO2. The number of halogens is 2. The van der Waals surface area contributed by atoms with Crippen LogP contribution in [0.2, 0.25) is 0 Å². The molecule has 0 spiro atoms. The van der Waals surface area contributed by atoms with E-state index in [0.29, 0.717) is 12.3 Å². The van der Waals surface area contributed by atoms with Gasteiger partial charge in [0.15, 0.2) is 17.4 Å². The summed E-state index contributed by atoms with van der Waals surface area (Å²) in [4.78, 5) is 12.8. The van der Waals surface area contributed by atoms with Crippen LogP contribution < -0.4 is 4.74 Å². The second-order valence-electron chi connectivity index (χ2n) is 5.20. The molecule has 110 valence electrons. The molecule has 2 rings (SSSR count). The van der Waals surface area contributed by atoms with Gasteiger partial charge in [0.25, 0.3) is 0 Å². The van der Waals surface area contributed by atoms with Gasteiger partial charge < -0.3 is 9.64 Å². The average Bonchev–Trinajstić information content (AvgIpc) is 2.43. The fraction of sp³-hybridized carbons (Fsp3) is 0.533. The van der Waals surface area contributed by atoms with Gasteiger partial charge in [0.2, 0.25) is 0 Å². The molecule has 0 amide bonds. The summed E-state index contributed by atoms with van der Waals surface area (Å²) < 4.78 is 32.4. The maximum Gasteiger partial charge on any atom is 0.190 e. The fourth-order valence-electron chi connectivity index (χ4n) is 2.59. The predicted octanol–water partition coefficient (Wildman–Crippen LogP) is 3.03. The largest absolute Gasteiger partial charge is 0.488 e. The Morgan fingerprint density at radius 1 is 1.35 bits per heavy atom. The molecule has 1 aromatic carbocycles. The Morgan fingerprint density at radius 2 is 2.05 bits per heavy atom. The van der Waals surface area contributed by atoms with Crippen LogP contribution in [0.25, 0.3) is 0 Å². The van der Waals surface area contributed by atoms with E-state index < -0.39 is 17.4 Å². The number of carbonyl (C=O) groups excluding carboxylic acids is 1. The molecule has 1 aliphatic heterocycles. The van der Waals surface area contributed by atoms with Crippen molar-refractivity contribution in [2.75, 3.05) is 20.2 Å². The van der Waals surface area contributed by atoms with Crippen molar-refractivity contribution in [3.63, 3.8) is 0 Å². The van der Waals surface area contributed by atoms with E-state index in [0.717, 1.165) is 31.5 Å². The van der Waals surface area contributed by atoms with Crippen molar-refractivity contribution < 1.29 is 18.3 Å². The molecule has 1 saturated heterocycles. The topological polar surface area (TPSA) is 29.5 Å². The molecule has 20 heavy (non-hydrogen) atoms. The maximum absolute atomic E-state index is 13.6. The second kappa shape index (κ2) is 6.79. The summed E-state index contributed by atoms with van der Waals surface area (Å²) in [6.07, 6.45) is 4.63. The molecule has 0 aromatic heterocycles. The molecule has 1 aliphatic rings. The van der Waals surface area contributed by atoms with E-state index in [2.05, 4.69) is 11.9 Å². The molecule has 0 saturated carbocycles. The van der Waals surface area contributed by atoms with Crippen molar-refractivity contribution >= 4 is 6.29 Å². The van der Waals surface area contributed by atoms with Crippen LogP contribution >= 0.6 is 0 Å². The average molecular weight is 283 g/mol. The number of likely N-dealkylation sites (tertiary alicyclic amines) is 1. The molecule has 0 bridgehead atoms. The highest BCUT2D eigenvalue weighted by Gasteiger charge is 2.19. The van der Waals surface area contributed by atoms with Crippen LogP contribution in [0.4, 0.5) is 8.78 Å². The lowest BCUT2D eigenvalue weighted by molar-refractivity contribution is 0.112. The number of piperidine rings is 1. The van der Waals surface area contributed by atoms with Crippen LogP contribution in [0.15, 0.2) is 12.1 Å². The summed E-state index contributed by atoms with van der Waals surface area (Å²) in [5, 5.41) is 0. The van der Waals surface area contributed by atoms with E-state index in [9.17, 15) is 13.6 Å². The van der Waals surface area contributed by atoms with Gasteiger partial charge in [-0.1, -0.05) is 6.42 Å². The number of aldehydes is 1. The third-order valence-electron chi connectivity index (χ3n) is 3.78. The number of hydrogen-bond donors (Lipinski definition) is 0. The molecule has 1 aromatic rings. The number of carbonyl (C=O) groups is 1. The van der Waals surface area contributed by atoms with Gasteiger partial charge in [-0.25, -0.2) is 8.78 Å². The van der Waals surface area contributed by atoms with Crippen LogP contribution in [0.3, 0.4) is 0 Å². The molecule has 1 atom stereocenters. The Morgan fingerprint density at radius 3 is 2.65 bits per heavy atom. The van der Waals surface area contributed by atoms with E-state index in [4.69, 9.17) is 4.74 Å². The molecule has 0 N–H and O–H groups in total. The highest BCUT2D eigenvalue weighted by atomic mass is 19.1. The zero-order valence-corrected chi connectivity index (χ0v) is 11.6. The molecule has 0 radical (unpaired) electrons. The van der Waals surface area contributed by atoms with Crippen molar-refractivity contribution in [3.8, 4) is 5.75 Å². The van der Waals surface area contributed by atoms with Crippen LogP contribution in [-0.4, -0.2) is 37.4 Å². The summed E-state index contributed by atoms with van der Waals surface area (Å²) in [6.45, 7) is 1.32. The highest BCUT2D eigenvalue weighted by Crippen LogP contribution is 2.24. The normalized spacial score (nSPS) is 19.9. The molecule has 1 unspecified atom stereocenters. The minimum absolute atomic E-state index is 0.0284. The van der Waals surface area contributed by atoms with Crippen molar-refractivity contribution in [1.82, 2.24) is 4.90 Å². The van der Waals surface area contributed by atoms with Crippen LogP contribution in [0, 0.1) is 11.6 Å². The van der Waals surface area contributed by atoms with Gasteiger partial charge in [0, 0.05) is 11.6 Å². The van der Waals surface area contributed by atoms with Crippen molar-refractivity contribution in [1.29, 1.82) is 0 Å². The van der Waals surface area contributed by atoms with Gasteiger partial charge in [0.1, 0.15) is 6.29 Å². The summed E-state index contributed by atoms with van der Waals surface area (Å²) in [5.74, 6) is -2.05. The smallest absolute Gasteiger partial charge is 0.190 e. The van der Waals surface area contributed by atoms with E-state index >= 15 is 0 Å². The van der Waals surface area contributed by atoms with Gasteiger partial charge in [-0.3, -0.25) is 4.79 Å². The molecule has 0 aliphatic carbocycles. The van der Waals surface area contributed by atoms with Gasteiger partial charge in [-0.2, -0.15) is 0 Å². The lowest BCUT2D eigenvalue weighted by atomic mass is 10.0. The summed E-state index contributed by atoms with van der Waals surface area (Å²) in [5.41, 5.74) is -0.0284. The predicted molar refractivity (Wildman–Crippen MR) is 72.1 cm³/mol. The van der Waals surface area contributed by atoms with E-state index in [1.54, 1.807) is 0 Å². The lowest BCUT2D eigenvalue weighted by Crippen LogP contribution is -2.37. The molecule has 1 heterocycles. The number of benzene rings is 1. The number of ether oxygens (including phenoxy) is 1. The van der Waals surface area contributed by atoms with E-state index in [1.807, 2.05) is 0 Å². The molecule has 1 fully saturated rings.